The van der Waals surface area contributed by atoms with Gasteiger partial charge >= 0.3 is 0 Å². The Hall–Kier alpha value is -0.0800. The van der Waals surface area contributed by atoms with Crippen LogP contribution in [0.1, 0.15) is 20.8 Å². The van der Waals surface area contributed by atoms with Crippen molar-refractivity contribution in [3.05, 3.63) is 0 Å². The molecule has 1 aliphatic heterocycles. The molecule has 0 aromatic heterocycles. The normalized spacial score (nSPS) is 36.0. The molecule has 1 saturated heterocycles. The third kappa shape index (κ3) is 1.94. The van der Waals surface area contributed by atoms with E-state index >= 15 is 0 Å². The maximum Gasteiger partial charge on any atom is 0.0195 e. The average Bonchev–Trinajstić information content (AvgIpc) is 1.97. The van der Waals surface area contributed by atoms with Crippen molar-refractivity contribution in [3.63, 3.8) is 0 Å². The van der Waals surface area contributed by atoms with Gasteiger partial charge in [0.15, 0.2) is 0 Å². The number of hydrogen-bond acceptors (Lipinski definition) is 2. The van der Waals surface area contributed by atoms with Crippen LogP contribution in [0, 0.1) is 0 Å². The maximum atomic E-state index is 2.55. The first kappa shape index (κ1) is 9.01. The van der Waals surface area contributed by atoms with Gasteiger partial charge in [-0.1, -0.05) is 6.92 Å². The Morgan fingerprint density at radius 1 is 1.18 bits per heavy atom. The fourth-order valence-corrected chi connectivity index (χ4v) is 1.81. The molecular formula is C9H20N2. The zero-order valence-electron chi connectivity index (χ0n) is 8.17. The highest BCUT2D eigenvalue weighted by molar-refractivity contribution is 4.81. The summed E-state index contributed by atoms with van der Waals surface area (Å²) in [6, 6.07) is 1.47. The van der Waals surface area contributed by atoms with Crippen molar-refractivity contribution in [2.75, 3.05) is 26.7 Å². The van der Waals surface area contributed by atoms with Crippen LogP contribution in [0.15, 0.2) is 0 Å². The van der Waals surface area contributed by atoms with Gasteiger partial charge in [-0.25, -0.2) is 0 Å². The van der Waals surface area contributed by atoms with Gasteiger partial charge in [-0.2, -0.15) is 0 Å². The van der Waals surface area contributed by atoms with Gasteiger partial charge in [-0.3, -0.25) is 4.90 Å². The molecule has 2 nitrogen and oxygen atoms in total. The molecule has 2 unspecified atom stereocenters. The highest BCUT2D eigenvalue weighted by Crippen LogP contribution is 2.11. The molecule has 1 heterocycles. The van der Waals surface area contributed by atoms with Crippen molar-refractivity contribution in [1.82, 2.24) is 9.80 Å². The Labute approximate surface area is 70.2 Å². The van der Waals surface area contributed by atoms with Crippen LogP contribution in [0.2, 0.25) is 0 Å². The van der Waals surface area contributed by atoms with E-state index in [9.17, 15) is 0 Å². The minimum Gasteiger partial charge on any atom is -0.301 e. The van der Waals surface area contributed by atoms with Crippen molar-refractivity contribution >= 4 is 0 Å². The second-order valence-corrected chi connectivity index (χ2v) is 3.73. The first-order valence-electron chi connectivity index (χ1n) is 4.59. The topological polar surface area (TPSA) is 6.48 Å². The van der Waals surface area contributed by atoms with E-state index in [1.807, 2.05) is 0 Å². The summed E-state index contributed by atoms with van der Waals surface area (Å²) < 4.78 is 0. The summed E-state index contributed by atoms with van der Waals surface area (Å²) in [6.07, 6.45) is 0. The zero-order valence-corrected chi connectivity index (χ0v) is 8.17. The van der Waals surface area contributed by atoms with Gasteiger partial charge in [0.1, 0.15) is 0 Å². The van der Waals surface area contributed by atoms with Gasteiger partial charge in [0.05, 0.1) is 0 Å². The summed E-state index contributed by atoms with van der Waals surface area (Å²) in [4.78, 5) is 4.99. The first-order valence-corrected chi connectivity index (χ1v) is 4.59. The number of hydrogen-bond donors (Lipinski definition) is 0. The predicted molar refractivity (Wildman–Crippen MR) is 48.8 cm³/mol. The Kier molecular flexibility index (Phi) is 2.90. The van der Waals surface area contributed by atoms with Crippen LogP contribution >= 0.6 is 0 Å². The molecule has 1 aliphatic rings. The van der Waals surface area contributed by atoms with E-state index in [1.165, 1.54) is 19.6 Å². The summed E-state index contributed by atoms with van der Waals surface area (Å²) >= 11 is 0. The predicted octanol–water partition coefficient (Wildman–Crippen LogP) is 1.03. The standard InChI is InChI=1S/C9H20N2/c1-5-11-7-8(2)10(4)6-9(11)3/h8-9H,5-7H2,1-4H3. The van der Waals surface area contributed by atoms with E-state index in [1.54, 1.807) is 0 Å². The number of nitrogens with zero attached hydrogens (tertiary/aromatic N) is 2. The Balaban J connectivity index is 2.48. The second-order valence-electron chi connectivity index (χ2n) is 3.73. The molecule has 0 N–H and O–H groups in total. The van der Waals surface area contributed by atoms with Crippen molar-refractivity contribution in [3.8, 4) is 0 Å². The summed E-state index contributed by atoms with van der Waals surface area (Å²) in [7, 11) is 2.22. The van der Waals surface area contributed by atoms with E-state index in [0.29, 0.717) is 0 Å². The minimum atomic E-state index is 0.728. The fraction of sp³-hybridized carbons (Fsp3) is 1.00. The number of piperazine rings is 1. The molecule has 66 valence electrons. The first-order chi connectivity index (χ1) is 5.15. The smallest absolute Gasteiger partial charge is 0.0195 e. The molecule has 11 heavy (non-hydrogen) atoms. The Morgan fingerprint density at radius 3 is 2.36 bits per heavy atom. The average molecular weight is 156 g/mol. The van der Waals surface area contributed by atoms with Gasteiger partial charge in [-0.15, -0.1) is 0 Å². The number of rotatable bonds is 1. The van der Waals surface area contributed by atoms with E-state index in [-0.39, 0.29) is 0 Å². The van der Waals surface area contributed by atoms with Gasteiger partial charge in [0.2, 0.25) is 0 Å². The molecule has 1 fully saturated rings. The molecule has 1 rings (SSSR count). The largest absolute Gasteiger partial charge is 0.301 e. The van der Waals surface area contributed by atoms with Crippen molar-refractivity contribution in [2.45, 2.75) is 32.9 Å². The van der Waals surface area contributed by atoms with Crippen LogP contribution in [0.3, 0.4) is 0 Å². The molecule has 0 saturated carbocycles. The van der Waals surface area contributed by atoms with E-state index in [4.69, 9.17) is 0 Å². The number of likely N-dealkylation sites (N-methyl/N-ethyl adjacent to an activating group) is 2. The maximum absolute atomic E-state index is 2.55. The lowest BCUT2D eigenvalue weighted by Crippen LogP contribution is -2.54. The molecule has 0 spiro atoms. The van der Waals surface area contributed by atoms with Crippen molar-refractivity contribution in [1.29, 1.82) is 0 Å². The van der Waals surface area contributed by atoms with Crippen LogP contribution < -0.4 is 0 Å². The molecule has 0 bridgehead atoms. The van der Waals surface area contributed by atoms with Gasteiger partial charge < -0.3 is 4.90 Å². The molecule has 0 aromatic carbocycles. The van der Waals surface area contributed by atoms with E-state index < -0.39 is 0 Å². The lowest BCUT2D eigenvalue weighted by molar-refractivity contribution is 0.0643. The zero-order chi connectivity index (χ0) is 8.43. The molecule has 2 atom stereocenters. The van der Waals surface area contributed by atoms with Crippen LogP contribution in [0.5, 0.6) is 0 Å². The summed E-state index contributed by atoms with van der Waals surface area (Å²) in [5.74, 6) is 0. The summed E-state index contributed by atoms with van der Waals surface area (Å²) in [6.45, 7) is 10.5. The van der Waals surface area contributed by atoms with Crippen LogP contribution in [0.25, 0.3) is 0 Å². The van der Waals surface area contributed by atoms with Crippen molar-refractivity contribution < 1.29 is 0 Å². The Morgan fingerprint density at radius 2 is 1.82 bits per heavy atom. The second kappa shape index (κ2) is 3.55. The minimum absolute atomic E-state index is 0.728. The highest BCUT2D eigenvalue weighted by atomic mass is 15.3. The Bertz CT molecular complexity index is 125. The molecular weight excluding hydrogens is 136 g/mol. The van der Waals surface area contributed by atoms with Gasteiger partial charge in [0.25, 0.3) is 0 Å². The SMILES string of the molecule is CCN1CC(C)N(C)CC1C. The molecule has 0 amide bonds. The van der Waals surface area contributed by atoms with Crippen LogP contribution in [-0.2, 0) is 0 Å². The monoisotopic (exact) mass is 156 g/mol. The van der Waals surface area contributed by atoms with Gasteiger partial charge in [-0.05, 0) is 27.4 Å². The molecule has 2 heteroatoms. The highest BCUT2D eigenvalue weighted by Gasteiger charge is 2.24. The lowest BCUT2D eigenvalue weighted by atomic mass is 10.1. The third-order valence-corrected chi connectivity index (χ3v) is 2.83. The third-order valence-electron chi connectivity index (χ3n) is 2.83. The fourth-order valence-electron chi connectivity index (χ4n) is 1.81. The summed E-state index contributed by atoms with van der Waals surface area (Å²) in [5.41, 5.74) is 0. The van der Waals surface area contributed by atoms with Crippen molar-refractivity contribution in [2.24, 2.45) is 0 Å². The van der Waals surface area contributed by atoms with Gasteiger partial charge in [0, 0.05) is 25.2 Å². The van der Waals surface area contributed by atoms with Crippen LogP contribution in [-0.4, -0.2) is 48.6 Å². The van der Waals surface area contributed by atoms with E-state index in [0.717, 1.165) is 12.1 Å². The van der Waals surface area contributed by atoms with Crippen LogP contribution in [0.4, 0.5) is 0 Å². The summed E-state index contributed by atoms with van der Waals surface area (Å²) in [5, 5.41) is 0. The molecule has 0 aromatic rings. The quantitative estimate of drug-likeness (QED) is 0.559. The van der Waals surface area contributed by atoms with E-state index in [2.05, 4.69) is 37.6 Å². The lowest BCUT2D eigenvalue weighted by Gasteiger charge is -2.41. The molecule has 0 aliphatic carbocycles. The molecule has 0 radical (unpaired) electrons.